The zero-order valence-electron chi connectivity index (χ0n) is 37.0. The zero-order chi connectivity index (χ0) is 46.3. The van der Waals surface area contributed by atoms with Crippen molar-refractivity contribution in [2.24, 2.45) is 0 Å². The van der Waals surface area contributed by atoms with Crippen LogP contribution in [0, 0.1) is 0 Å². The van der Waals surface area contributed by atoms with Crippen LogP contribution in [-0.4, -0.2) is 193 Å². The lowest BCUT2D eigenvalue weighted by Crippen LogP contribution is -2.66. The van der Waals surface area contributed by atoms with Crippen molar-refractivity contribution in [3.8, 4) is 0 Å². The van der Waals surface area contributed by atoms with Gasteiger partial charge in [-0.05, 0) is 25.7 Å². The summed E-state index contributed by atoms with van der Waals surface area (Å²) in [6.07, 6.45) is -3.24. The van der Waals surface area contributed by atoms with Crippen molar-refractivity contribution < 1.29 is 89.4 Å². The number of carbonyl (C=O) groups excluding carboxylic acids is 1. The summed E-state index contributed by atoms with van der Waals surface area (Å²) in [7, 11) is 0. The molecule has 0 aromatic heterocycles. The van der Waals surface area contributed by atoms with E-state index < -0.39 is 124 Å². The van der Waals surface area contributed by atoms with Crippen molar-refractivity contribution in [3.05, 3.63) is 24.3 Å². The van der Waals surface area contributed by atoms with Gasteiger partial charge in [0.15, 0.2) is 18.9 Å². The van der Waals surface area contributed by atoms with Crippen LogP contribution in [0.2, 0.25) is 0 Å². The van der Waals surface area contributed by atoms with E-state index in [2.05, 4.69) is 31.3 Å². The Morgan fingerprint density at radius 3 is 1.56 bits per heavy atom. The number of unbranched alkanes of at least 4 members (excludes halogenated alkanes) is 12. The number of ether oxygens (including phenoxy) is 6. The number of allylic oxidation sites excluding steroid dienone is 3. The molecular weight excluding hydrogens is 830 g/mol. The predicted octanol–water partition coefficient (Wildman–Crippen LogP) is -0.309. The number of hydrogen-bond acceptors (Lipinski definition) is 18. The third-order valence-electron chi connectivity index (χ3n) is 11.7. The first-order valence-corrected chi connectivity index (χ1v) is 23.1. The van der Waals surface area contributed by atoms with Gasteiger partial charge in [0.05, 0.1) is 38.6 Å². The minimum atomic E-state index is -1.98. The van der Waals surface area contributed by atoms with E-state index in [0.717, 1.165) is 38.5 Å². The first-order chi connectivity index (χ1) is 30.3. The van der Waals surface area contributed by atoms with E-state index in [9.17, 15) is 61.0 Å². The quantitative estimate of drug-likeness (QED) is 0.0325. The van der Waals surface area contributed by atoms with E-state index >= 15 is 0 Å². The van der Waals surface area contributed by atoms with Crippen LogP contribution in [0.4, 0.5) is 0 Å². The summed E-state index contributed by atoms with van der Waals surface area (Å²) in [6.45, 7) is 1.51. The van der Waals surface area contributed by atoms with Crippen molar-refractivity contribution in [3.63, 3.8) is 0 Å². The highest BCUT2D eigenvalue weighted by Gasteiger charge is 2.53. The van der Waals surface area contributed by atoms with E-state index in [1.165, 1.54) is 44.9 Å². The van der Waals surface area contributed by atoms with E-state index in [4.69, 9.17) is 28.4 Å². The minimum absolute atomic E-state index is 0.237. The van der Waals surface area contributed by atoms with E-state index in [1.54, 1.807) is 12.2 Å². The summed E-state index contributed by atoms with van der Waals surface area (Å²) in [5.41, 5.74) is 0. The van der Waals surface area contributed by atoms with Crippen LogP contribution in [0.5, 0.6) is 0 Å². The normalized spacial score (nSPS) is 35.0. The maximum absolute atomic E-state index is 13.1. The molecular formula is C44H79NO18. The van der Waals surface area contributed by atoms with Gasteiger partial charge in [-0.25, -0.2) is 0 Å². The van der Waals surface area contributed by atoms with E-state index in [0.29, 0.717) is 12.8 Å². The van der Waals surface area contributed by atoms with Gasteiger partial charge in [0.1, 0.15) is 73.2 Å². The maximum atomic E-state index is 13.1. The summed E-state index contributed by atoms with van der Waals surface area (Å²) in [5, 5.41) is 119. The number of aliphatic hydroxyl groups is 11. The largest absolute Gasteiger partial charge is 0.394 e. The number of amides is 1. The number of carbonyl (C=O) groups is 1. The number of aliphatic hydroxyl groups excluding tert-OH is 11. The molecule has 0 radical (unpaired) electrons. The van der Waals surface area contributed by atoms with Gasteiger partial charge in [0.2, 0.25) is 5.91 Å². The minimum Gasteiger partial charge on any atom is -0.394 e. The second kappa shape index (κ2) is 30.5. The third-order valence-corrected chi connectivity index (χ3v) is 11.7. The first-order valence-electron chi connectivity index (χ1n) is 23.1. The van der Waals surface area contributed by atoms with Gasteiger partial charge in [0.25, 0.3) is 0 Å². The Balaban J connectivity index is 1.59. The Bertz CT molecular complexity index is 1280. The fraction of sp³-hybridized carbons (Fsp3) is 0.886. The Labute approximate surface area is 371 Å². The smallest absolute Gasteiger partial charge is 0.220 e. The molecule has 0 aromatic carbocycles. The van der Waals surface area contributed by atoms with Gasteiger partial charge in [0, 0.05) is 6.42 Å². The summed E-state index contributed by atoms with van der Waals surface area (Å²) in [4.78, 5) is 13.1. The third kappa shape index (κ3) is 17.8. The molecule has 0 aliphatic carbocycles. The van der Waals surface area contributed by atoms with Crippen molar-refractivity contribution in [1.82, 2.24) is 5.32 Å². The number of hydrogen-bond donors (Lipinski definition) is 12. The van der Waals surface area contributed by atoms with Crippen LogP contribution in [0.1, 0.15) is 117 Å². The molecule has 17 unspecified atom stereocenters. The number of rotatable bonds is 30. The predicted molar refractivity (Wildman–Crippen MR) is 226 cm³/mol. The summed E-state index contributed by atoms with van der Waals surface area (Å²) >= 11 is 0. The van der Waals surface area contributed by atoms with Gasteiger partial charge in [-0.15, -0.1) is 0 Å². The Morgan fingerprint density at radius 2 is 1.02 bits per heavy atom. The molecule has 12 N–H and O–H groups in total. The molecule has 368 valence electrons. The molecule has 19 heteroatoms. The zero-order valence-corrected chi connectivity index (χ0v) is 37.0. The molecule has 17 atom stereocenters. The molecule has 3 heterocycles. The Kier molecular flexibility index (Phi) is 26.9. The van der Waals surface area contributed by atoms with Crippen LogP contribution in [0.3, 0.4) is 0 Å². The molecule has 3 fully saturated rings. The monoisotopic (exact) mass is 910 g/mol. The SMILES string of the molecule is CCC/C=C/CC/C=C/C(O)C(COC1OC(CO)C(OC2OC(CO)C(OC3OC(CO)C(O)C(O)C3O)C(O)C2O)C(O)C1O)NC(=O)CCCCCCCCCCCCC. The lowest BCUT2D eigenvalue weighted by Gasteiger charge is -2.48. The van der Waals surface area contributed by atoms with Gasteiger partial charge in [-0.2, -0.15) is 0 Å². The first kappa shape index (κ1) is 55.6. The number of nitrogens with one attached hydrogen (secondary N) is 1. The fourth-order valence-electron chi connectivity index (χ4n) is 7.80. The highest BCUT2D eigenvalue weighted by atomic mass is 16.8. The summed E-state index contributed by atoms with van der Waals surface area (Å²) in [5.74, 6) is -0.295. The van der Waals surface area contributed by atoms with Crippen molar-refractivity contribution in [1.29, 1.82) is 0 Å². The van der Waals surface area contributed by atoms with Crippen LogP contribution in [0.15, 0.2) is 24.3 Å². The molecule has 3 saturated heterocycles. The van der Waals surface area contributed by atoms with Gasteiger partial charge < -0.3 is 89.9 Å². The average Bonchev–Trinajstić information content (AvgIpc) is 3.28. The second-order valence-electron chi connectivity index (χ2n) is 16.9. The van der Waals surface area contributed by atoms with E-state index in [-0.39, 0.29) is 18.9 Å². The molecule has 3 aliphatic heterocycles. The molecule has 63 heavy (non-hydrogen) atoms. The van der Waals surface area contributed by atoms with Gasteiger partial charge in [-0.1, -0.05) is 109 Å². The lowest BCUT2D eigenvalue weighted by molar-refractivity contribution is -0.379. The fourth-order valence-corrected chi connectivity index (χ4v) is 7.80. The van der Waals surface area contributed by atoms with Crippen LogP contribution in [0.25, 0.3) is 0 Å². The molecule has 0 spiro atoms. The van der Waals surface area contributed by atoms with Gasteiger partial charge in [-0.3, -0.25) is 4.79 Å². The van der Waals surface area contributed by atoms with Crippen molar-refractivity contribution in [2.75, 3.05) is 26.4 Å². The molecule has 0 aromatic rings. The summed E-state index contributed by atoms with van der Waals surface area (Å²) < 4.78 is 33.9. The van der Waals surface area contributed by atoms with Gasteiger partial charge >= 0.3 is 0 Å². The molecule has 3 aliphatic rings. The topological polar surface area (TPSA) is 307 Å². The van der Waals surface area contributed by atoms with Crippen LogP contribution in [-0.2, 0) is 33.2 Å². The molecule has 3 rings (SSSR count). The Hall–Kier alpha value is -1.73. The summed E-state index contributed by atoms with van der Waals surface area (Å²) in [6, 6.07) is -0.979. The van der Waals surface area contributed by atoms with E-state index in [1.807, 2.05) is 0 Å². The molecule has 19 nitrogen and oxygen atoms in total. The maximum Gasteiger partial charge on any atom is 0.220 e. The Morgan fingerprint density at radius 1 is 0.556 bits per heavy atom. The standard InChI is InChI=1S/C44H79NO18/c1-3-5-7-9-11-12-13-14-16-18-20-22-32(50)45-27(28(49)21-19-17-15-10-8-6-4-2)26-58-42-38(56)35(53)40(30(24-47)60-42)63-44-39(57)36(54)41(31(25-48)61-44)62-43-37(55)34(52)33(51)29(23-46)59-43/h8,10,19,21,27-31,33-44,46-49,51-57H,3-7,9,11-18,20,22-26H2,1-2H3,(H,45,50)/b10-8+,21-19+. The lowest BCUT2D eigenvalue weighted by atomic mass is 9.96. The van der Waals surface area contributed by atoms with Crippen molar-refractivity contribution in [2.45, 2.75) is 221 Å². The highest BCUT2D eigenvalue weighted by molar-refractivity contribution is 5.76. The average molecular weight is 910 g/mol. The van der Waals surface area contributed by atoms with Crippen LogP contribution >= 0.6 is 0 Å². The molecule has 0 saturated carbocycles. The highest BCUT2D eigenvalue weighted by Crippen LogP contribution is 2.33. The second-order valence-corrected chi connectivity index (χ2v) is 16.9. The van der Waals surface area contributed by atoms with Crippen molar-refractivity contribution >= 4 is 5.91 Å². The molecule has 1 amide bonds. The molecule has 0 bridgehead atoms. The van der Waals surface area contributed by atoms with Crippen LogP contribution < -0.4 is 5.32 Å².